The Kier molecular flexibility index (Phi) is 4.64. The number of methoxy groups -OCH3 is 1. The molecule has 1 aliphatic heterocycles. The minimum atomic E-state index is -0.510. The number of likely N-dealkylation sites (tertiary alicyclic amines) is 1. The zero-order chi connectivity index (χ0) is 13.8. The fourth-order valence-corrected chi connectivity index (χ4v) is 2.58. The zero-order valence-corrected chi connectivity index (χ0v) is 11.6. The van der Waals surface area contributed by atoms with Gasteiger partial charge in [0.1, 0.15) is 0 Å². The molecule has 0 saturated carbocycles. The van der Waals surface area contributed by atoms with E-state index in [1.807, 2.05) is 0 Å². The van der Waals surface area contributed by atoms with E-state index >= 15 is 0 Å². The maximum atomic E-state index is 13.6. The summed E-state index contributed by atoms with van der Waals surface area (Å²) in [5, 5.41) is 0. The number of hydrogen-bond acceptors (Lipinski definition) is 2. The number of benzene rings is 1. The van der Waals surface area contributed by atoms with Crippen molar-refractivity contribution >= 4 is 17.5 Å². The Labute approximate surface area is 117 Å². The molecule has 0 atom stereocenters. The van der Waals surface area contributed by atoms with Gasteiger partial charge >= 0.3 is 0 Å². The van der Waals surface area contributed by atoms with Gasteiger partial charge in [0.05, 0.1) is 7.11 Å². The highest BCUT2D eigenvalue weighted by Crippen LogP contribution is 2.22. The molecule has 1 aromatic carbocycles. The number of halogens is 2. The van der Waals surface area contributed by atoms with E-state index in [4.69, 9.17) is 16.3 Å². The molecule has 0 spiro atoms. The van der Waals surface area contributed by atoms with E-state index in [2.05, 4.69) is 0 Å². The van der Waals surface area contributed by atoms with Gasteiger partial charge in [-0.05, 0) is 37.0 Å². The van der Waals surface area contributed by atoms with E-state index in [0.29, 0.717) is 30.5 Å². The summed E-state index contributed by atoms with van der Waals surface area (Å²) in [5.74, 6) is 0.633. The summed E-state index contributed by atoms with van der Waals surface area (Å²) in [6, 6.07) is 4.31. The number of amides is 1. The van der Waals surface area contributed by atoms with Crippen molar-refractivity contribution < 1.29 is 13.9 Å². The smallest absolute Gasteiger partial charge is 0.253 e. The summed E-state index contributed by atoms with van der Waals surface area (Å²) in [7, 11) is 1.40. The molecule has 0 aromatic heterocycles. The fourth-order valence-electron chi connectivity index (χ4n) is 2.27. The number of hydrogen-bond donors (Lipinski definition) is 0. The minimum Gasteiger partial charge on any atom is -0.494 e. The first kappa shape index (κ1) is 14.1. The van der Waals surface area contributed by atoms with Gasteiger partial charge in [0, 0.05) is 24.5 Å². The molecular formula is C14H17ClFNO2. The number of ether oxygens (including phenoxy) is 1. The lowest BCUT2D eigenvalue weighted by atomic mass is 9.98. The summed E-state index contributed by atoms with van der Waals surface area (Å²) < 4.78 is 18.4. The first-order chi connectivity index (χ1) is 9.15. The molecule has 1 aliphatic rings. The highest BCUT2D eigenvalue weighted by Gasteiger charge is 2.23. The van der Waals surface area contributed by atoms with Crippen molar-refractivity contribution in [2.75, 3.05) is 26.1 Å². The third-order valence-corrected chi connectivity index (χ3v) is 3.96. The van der Waals surface area contributed by atoms with E-state index < -0.39 is 5.82 Å². The number of carbonyl (C=O) groups excluding carboxylic acids is 1. The van der Waals surface area contributed by atoms with Gasteiger partial charge in [-0.15, -0.1) is 11.6 Å². The monoisotopic (exact) mass is 285 g/mol. The van der Waals surface area contributed by atoms with Gasteiger partial charge < -0.3 is 9.64 Å². The lowest BCUT2D eigenvalue weighted by Gasteiger charge is -2.31. The summed E-state index contributed by atoms with van der Waals surface area (Å²) in [5.41, 5.74) is 0.364. The van der Waals surface area contributed by atoms with Crippen molar-refractivity contribution in [1.29, 1.82) is 0 Å². The normalized spacial score (nSPS) is 16.5. The van der Waals surface area contributed by atoms with Crippen molar-refractivity contribution in [3.05, 3.63) is 29.6 Å². The van der Waals surface area contributed by atoms with Crippen LogP contribution >= 0.6 is 11.6 Å². The second-order valence-electron chi connectivity index (χ2n) is 4.74. The van der Waals surface area contributed by atoms with Gasteiger partial charge in [-0.25, -0.2) is 4.39 Å². The molecule has 3 nitrogen and oxygen atoms in total. The van der Waals surface area contributed by atoms with Crippen LogP contribution in [0.2, 0.25) is 0 Å². The Morgan fingerprint density at radius 2 is 2.16 bits per heavy atom. The molecule has 104 valence electrons. The Morgan fingerprint density at radius 3 is 2.68 bits per heavy atom. The minimum absolute atomic E-state index is 0.130. The van der Waals surface area contributed by atoms with Crippen molar-refractivity contribution in [2.24, 2.45) is 5.92 Å². The molecule has 0 unspecified atom stereocenters. The molecule has 1 aromatic rings. The first-order valence-corrected chi connectivity index (χ1v) is 6.88. The van der Waals surface area contributed by atoms with Crippen LogP contribution < -0.4 is 4.74 Å². The van der Waals surface area contributed by atoms with Gasteiger partial charge in [-0.2, -0.15) is 0 Å². The summed E-state index contributed by atoms with van der Waals surface area (Å²) in [6.45, 7) is 1.37. The third kappa shape index (κ3) is 3.18. The maximum Gasteiger partial charge on any atom is 0.253 e. The SMILES string of the molecule is COc1ccc(C(=O)N2CCC(CCl)CC2)cc1F. The predicted molar refractivity (Wildman–Crippen MR) is 72.3 cm³/mol. The van der Waals surface area contributed by atoms with Gasteiger partial charge in [0.15, 0.2) is 11.6 Å². The average molecular weight is 286 g/mol. The van der Waals surface area contributed by atoms with Crippen molar-refractivity contribution in [1.82, 2.24) is 4.90 Å². The van der Waals surface area contributed by atoms with Crippen molar-refractivity contribution in [3.8, 4) is 5.75 Å². The highest BCUT2D eigenvalue weighted by molar-refractivity contribution is 6.18. The van der Waals surface area contributed by atoms with Crippen LogP contribution in [-0.4, -0.2) is 36.9 Å². The molecule has 5 heteroatoms. The van der Waals surface area contributed by atoms with Crippen LogP contribution in [0.4, 0.5) is 4.39 Å². The van der Waals surface area contributed by atoms with E-state index in [9.17, 15) is 9.18 Å². The van der Waals surface area contributed by atoms with E-state index in [1.165, 1.54) is 19.2 Å². The number of alkyl halides is 1. The molecule has 2 rings (SSSR count). The van der Waals surface area contributed by atoms with Gasteiger partial charge in [-0.3, -0.25) is 4.79 Å². The largest absolute Gasteiger partial charge is 0.494 e. The standard InChI is InChI=1S/C14H17ClFNO2/c1-19-13-3-2-11(8-12(13)16)14(18)17-6-4-10(9-15)5-7-17/h2-3,8,10H,4-7,9H2,1H3. The number of piperidine rings is 1. The Hall–Kier alpha value is -1.29. The number of rotatable bonds is 3. The molecule has 19 heavy (non-hydrogen) atoms. The Bertz CT molecular complexity index is 459. The van der Waals surface area contributed by atoms with Crippen LogP contribution in [0.5, 0.6) is 5.75 Å². The van der Waals surface area contributed by atoms with Gasteiger partial charge in [0.25, 0.3) is 5.91 Å². The van der Waals surface area contributed by atoms with E-state index in [-0.39, 0.29) is 11.7 Å². The van der Waals surface area contributed by atoms with Gasteiger partial charge in [0.2, 0.25) is 0 Å². The molecule has 1 saturated heterocycles. The lowest BCUT2D eigenvalue weighted by Crippen LogP contribution is -2.38. The molecule has 0 bridgehead atoms. The summed E-state index contributed by atoms with van der Waals surface area (Å²) >= 11 is 5.81. The molecular weight excluding hydrogens is 269 g/mol. The number of carbonyl (C=O) groups is 1. The topological polar surface area (TPSA) is 29.5 Å². The van der Waals surface area contributed by atoms with Crippen LogP contribution in [0.15, 0.2) is 18.2 Å². The summed E-state index contributed by atoms with van der Waals surface area (Å²) in [6.07, 6.45) is 1.82. The maximum absolute atomic E-state index is 13.6. The van der Waals surface area contributed by atoms with Crippen molar-refractivity contribution in [3.63, 3.8) is 0 Å². The highest BCUT2D eigenvalue weighted by atomic mass is 35.5. The fraction of sp³-hybridized carbons (Fsp3) is 0.500. The molecule has 0 aliphatic carbocycles. The van der Waals surface area contributed by atoms with Crippen molar-refractivity contribution in [2.45, 2.75) is 12.8 Å². The summed E-state index contributed by atoms with van der Waals surface area (Å²) in [4.78, 5) is 14.0. The first-order valence-electron chi connectivity index (χ1n) is 6.34. The molecule has 1 fully saturated rings. The molecule has 1 amide bonds. The van der Waals surface area contributed by atoms with Crippen LogP contribution in [0, 0.1) is 11.7 Å². The third-order valence-electron chi connectivity index (χ3n) is 3.52. The van der Waals surface area contributed by atoms with Crippen LogP contribution in [-0.2, 0) is 0 Å². The van der Waals surface area contributed by atoms with Crippen LogP contribution in [0.1, 0.15) is 23.2 Å². The van der Waals surface area contributed by atoms with E-state index in [0.717, 1.165) is 12.8 Å². The van der Waals surface area contributed by atoms with Gasteiger partial charge in [-0.1, -0.05) is 0 Å². The quantitative estimate of drug-likeness (QED) is 0.799. The number of nitrogens with zero attached hydrogens (tertiary/aromatic N) is 1. The molecule has 1 heterocycles. The molecule has 0 radical (unpaired) electrons. The predicted octanol–water partition coefficient (Wildman–Crippen LogP) is 2.93. The van der Waals surface area contributed by atoms with E-state index in [1.54, 1.807) is 11.0 Å². The van der Waals surface area contributed by atoms with Crippen LogP contribution in [0.3, 0.4) is 0 Å². The Morgan fingerprint density at radius 1 is 1.47 bits per heavy atom. The Balaban J connectivity index is 2.06. The zero-order valence-electron chi connectivity index (χ0n) is 10.9. The lowest BCUT2D eigenvalue weighted by molar-refractivity contribution is 0.0697. The van der Waals surface area contributed by atoms with Crippen LogP contribution in [0.25, 0.3) is 0 Å². The second kappa shape index (κ2) is 6.24. The molecule has 0 N–H and O–H groups in total. The average Bonchev–Trinajstić information content (AvgIpc) is 2.46. The second-order valence-corrected chi connectivity index (χ2v) is 5.05.